The molecule has 1 heterocycles. The third-order valence-electron chi connectivity index (χ3n) is 3.27. The second-order valence-electron chi connectivity index (χ2n) is 4.41. The monoisotopic (exact) mass is 298 g/mol. The third kappa shape index (κ3) is 1.89. The molecular weight excluding hydrogens is 288 g/mol. The highest BCUT2D eigenvalue weighted by Crippen LogP contribution is 2.37. The van der Waals surface area contributed by atoms with Gasteiger partial charge in [0.1, 0.15) is 0 Å². The van der Waals surface area contributed by atoms with Crippen molar-refractivity contribution in [2.45, 2.75) is 12.5 Å². The van der Waals surface area contributed by atoms with Gasteiger partial charge in [-0.1, -0.05) is 34.1 Å². The molecule has 0 bridgehead atoms. The molecule has 0 fully saturated rings. The van der Waals surface area contributed by atoms with Crippen molar-refractivity contribution in [1.29, 1.82) is 5.26 Å². The lowest BCUT2D eigenvalue weighted by Crippen LogP contribution is -2.06. The predicted molar refractivity (Wildman–Crippen MR) is 75.4 cm³/mol. The zero-order valence-electron chi connectivity index (χ0n) is 9.65. The van der Waals surface area contributed by atoms with Gasteiger partial charge >= 0.3 is 0 Å². The van der Waals surface area contributed by atoms with E-state index in [9.17, 15) is 0 Å². The van der Waals surface area contributed by atoms with Gasteiger partial charge in [0, 0.05) is 10.2 Å². The first kappa shape index (κ1) is 11.3. The van der Waals surface area contributed by atoms with Crippen LogP contribution in [0.1, 0.15) is 22.7 Å². The number of fused-ring (bicyclic) bond motifs is 1. The van der Waals surface area contributed by atoms with Crippen molar-refractivity contribution in [3.05, 3.63) is 63.6 Å². The van der Waals surface area contributed by atoms with Crippen molar-refractivity contribution in [2.24, 2.45) is 0 Å². The number of nitrogens with one attached hydrogen (secondary N) is 1. The van der Waals surface area contributed by atoms with Gasteiger partial charge in [0.25, 0.3) is 0 Å². The van der Waals surface area contributed by atoms with Crippen LogP contribution in [-0.4, -0.2) is 0 Å². The molecule has 1 atom stereocenters. The molecule has 88 valence electrons. The summed E-state index contributed by atoms with van der Waals surface area (Å²) in [6, 6.07) is 16.5. The molecule has 0 saturated heterocycles. The molecule has 3 heteroatoms. The van der Waals surface area contributed by atoms with Crippen LogP contribution in [0, 0.1) is 11.3 Å². The van der Waals surface area contributed by atoms with Crippen molar-refractivity contribution in [2.75, 3.05) is 5.32 Å². The third-order valence-corrected chi connectivity index (χ3v) is 3.99. The van der Waals surface area contributed by atoms with Gasteiger partial charge < -0.3 is 5.32 Å². The van der Waals surface area contributed by atoms with Crippen molar-refractivity contribution >= 4 is 21.6 Å². The molecule has 0 radical (unpaired) electrons. The summed E-state index contributed by atoms with van der Waals surface area (Å²) in [6.45, 7) is 0. The molecule has 1 unspecified atom stereocenters. The molecule has 0 saturated carbocycles. The number of nitrogens with zero attached hydrogens (tertiary/aromatic N) is 1. The first-order chi connectivity index (χ1) is 8.78. The Hall–Kier alpha value is -1.79. The average Bonchev–Trinajstić information content (AvgIpc) is 2.81. The fraction of sp³-hybridized carbons (Fsp3) is 0.133. The zero-order valence-corrected chi connectivity index (χ0v) is 11.2. The fourth-order valence-electron chi connectivity index (χ4n) is 2.38. The molecule has 0 aliphatic carbocycles. The van der Waals surface area contributed by atoms with Crippen molar-refractivity contribution in [1.82, 2.24) is 0 Å². The molecule has 2 aromatic carbocycles. The standard InChI is InChI=1S/C15H11BrN2/c16-13-4-2-1-3-12(13)15-8-11-7-10(9-17)5-6-14(11)18-15/h1-7,15,18H,8H2. The molecule has 2 nitrogen and oxygen atoms in total. The van der Waals surface area contributed by atoms with Crippen molar-refractivity contribution in [3.8, 4) is 6.07 Å². The number of benzene rings is 2. The van der Waals surface area contributed by atoms with E-state index in [4.69, 9.17) is 5.26 Å². The fourth-order valence-corrected chi connectivity index (χ4v) is 2.94. The molecule has 1 aliphatic rings. The molecule has 2 aromatic rings. The zero-order chi connectivity index (χ0) is 12.5. The Kier molecular flexibility index (Phi) is 2.81. The van der Waals surface area contributed by atoms with Crippen LogP contribution in [0.15, 0.2) is 46.9 Å². The molecule has 0 aromatic heterocycles. The summed E-state index contributed by atoms with van der Waals surface area (Å²) >= 11 is 3.59. The molecular formula is C15H11BrN2. The Balaban J connectivity index is 1.94. The minimum absolute atomic E-state index is 0.282. The minimum Gasteiger partial charge on any atom is -0.378 e. The minimum atomic E-state index is 0.282. The van der Waals surface area contributed by atoms with E-state index in [2.05, 4.69) is 39.4 Å². The number of hydrogen-bond donors (Lipinski definition) is 1. The highest BCUT2D eigenvalue weighted by Gasteiger charge is 2.23. The van der Waals surface area contributed by atoms with Gasteiger partial charge in [-0.3, -0.25) is 0 Å². The second kappa shape index (κ2) is 4.47. The summed E-state index contributed by atoms with van der Waals surface area (Å²) in [5.41, 5.74) is 4.33. The Labute approximate surface area is 114 Å². The van der Waals surface area contributed by atoms with Crippen LogP contribution in [0.25, 0.3) is 0 Å². The van der Waals surface area contributed by atoms with Crippen LogP contribution in [-0.2, 0) is 6.42 Å². The molecule has 1 N–H and O–H groups in total. The summed E-state index contributed by atoms with van der Waals surface area (Å²) in [6.07, 6.45) is 0.924. The Morgan fingerprint density at radius 1 is 1.22 bits per heavy atom. The van der Waals surface area contributed by atoms with E-state index < -0.39 is 0 Å². The van der Waals surface area contributed by atoms with Crippen LogP contribution in [0.3, 0.4) is 0 Å². The summed E-state index contributed by atoms with van der Waals surface area (Å²) < 4.78 is 1.12. The van der Waals surface area contributed by atoms with E-state index in [1.54, 1.807) is 0 Å². The summed E-state index contributed by atoms with van der Waals surface area (Å²) in [5, 5.41) is 12.4. The topological polar surface area (TPSA) is 35.8 Å². The Morgan fingerprint density at radius 2 is 2.06 bits per heavy atom. The maximum absolute atomic E-state index is 8.92. The van der Waals surface area contributed by atoms with E-state index in [0.717, 1.165) is 22.1 Å². The summed E-state index contributed by atoms with van der Waals surface area (Å²) in [5.74, 6) is 0. The SMILES string of the molecule is N#Cc1ccc2c(c1)CC(c1ccccc1Br)N2. The van der Waals surface area contributed by atoms with Crippen LogP contribution in [0.5, 0.6) is 0 Å². The first-order valence-corrected chi connectivity index (χ1v) is 6.61. The van der Waals surface area contributed by atoms with Crippen LogP contribution >= 0.6 is 15.9 Å². The lowest BCUT2D eigenvalue weighted by Gasteiger charge is -2.13. The molecule has 0 spiro atoms. The number of hydrogen-bond acceptors (Lipinski definition) is 2. The van der Waals surface area contributed by atoms with Gasteiger partial charge in [-0.05, 0) is 41.8 Å². The van der Waals surface area contributed by atoms with E-state index >= 15 is 0 Å². The van der Waals surface area contributed by atoms with Gasteiger partial charge in [-0.25, -0.2) is 0 Å². The quantitative estimate of drug-likeness (QED) is 0.863. The first-order valence-electron chi connectivity index (χ1n) is 5.82. The normalized spacial score (nSPS) is 16.8. The molecule has 3 rings (SSSR count). The lowest BCUT2D eigenvalue weighted by molar-refractivity contribution is 0.819. The Morgan fingerprint density at radius 3 is 2.83 bits per heavy atom. The van der Waals surface area contributed by atoms with E-state index in [0.29, 0.717) is 0 Å². The average molecular weight is 299 g/mol. The highest BCUT2D eigenvalue weighted by molar-refractivity contribution is 9.10. The Bertz CT molecular complexity index is 643. The maximum Gasteiger partial charge on any atom is 0.0991 e. The molecule has 18 heavy (non-hydrogen) atoms. The molecule has 0 amide bonds. The number of anilines is 1. The lowest BCUT2D eigenvalue weighted by atomic mass is 10.0. The van der Waals surface area contributed by atoms with E-state index in [-0.39, 0.29) is 6.04 Å². The van der Waals surface area contributed by atoms with E-state index in [1.165, 1.54) is 11.1 Å². The summed E-state index contributed by atoms with van der Waals surface area (Å²) in [7, 11) is 0. The van der Waals surface area contributed by atoms with Crippen molar-refractivity contribution < 1.29 is 0 Å². The maximum atomic E-state index is 8.92. The largest absolute Gasteiger partial charge is 0.378 e. The van der Waals surface area contributed by atoms with Gasteiger partial charge in [-0.15, -0.1) is 0 Å². The van der Waals surface area contributed by atoms with Crippen LogP contribution < -0.4 is 5.32 Å². The highest BCUT2D eigenvalue weighted by atomic mass is 79.9. The molecule has 1 aliphatic heterocycles. The van der Waals surface area contributed by atoms with Gasteiger partial charge in [-0.2, -0.15) is 5.26 Å². The predicted octanol–water partition coefficient (Wildman–Crippen LogP) is 4.03. The van der Waals surface area contributed by atoms with Gasteiger partial charge in [0.15, 0.2) is 0 Å². The van der Waals surface area contributed by atoms with Crippen LogP contribution in [0.4, 0.5) is 5.69 Å². The van der Waals surface area contributed by atoms with Gasteiger partial charge in [0.2, 0.25) is 0 Å². The number of halogens is 1. The number of rotatable bonds is 1. The van der Waals surface area contributed by atoms with Gasteiger partial charge in [0.05, 0.1) is 17.7 Å². The van der Waals surface area contributed by atoms with E-state index in [1.807, 2.05) is 30.3 Å². The smallest absolute Gasteiger partial charge is 0.0991 e. The van der Waals surface area contributed by atoms with Crippen LogP contribution in [0.2, 0.25) is 0 Å². The number of nitriles is 1. The second-order valence-corrected chi connectivity index (χ2v) is 5.26. The summed E-state index contributed by atoms with van der Waals surface area (Å²) in [4.78, 5) is 0. The van der Waals surface area contributed by atoms with Crippen molar-refractivity contribution in [3.63, 3.8) is 0 Å².